The van der Waals surface area contributed by atoms with Crippen molar-refractivity contribution in [2.75, 3.05) is 19.8 Å². The molecule has 122 valence electrons. The second-order valence-corrected chi connectivity index (χ2v) is 7.24. The van der Waals surface area contributed by atoms with Crippen molar-refractivity contribution >= 4 is 17.2 Å². The van der Waals surface area contributed by atoms with Crippen LogP contribution in [0.3, 0.4) is 0 Å². The zero-order chi connectivity index (χ0) is 16.3. The number of hydrogen-bond acceptors (Lipinski definition) is 3. The first-order valence-corrected chi connectivity index (χ1v) is 8.96. The van der Waals surface area contributed by atoms with Gasteiger partial charge in [-0.2, -0.15) is 0 Å². The molecule has 2 heterocycles. The standard InChI is InChI=1S/C19H23NO2S/c1-14-5-3-4-6-16(14)19(8-10-22-11-9-19)13-20-18(21)17-15(2)7-12-23-17/h3-7,12H,8-11,13H2,1-2H3,(H,20,21). The topological polar surface area (TPSA) is 38.3 Å². The van der Waals surface area contributed by atoms with Crippen LogP contribution in [0.4, 0.5) is 0 Å². The third-order valence-corrected chi connectivity index (χ3v) is 5.84. The van der Waals surface area contributed by atoms with E-state index in [2.05, 4.69) is 36.5 Å². The van der Waals surface area contributed by atoms with Gasteiger partial charge >= 0.3 is 0 Å². The molecule has 0 radical (unpaired) electrons. The van der Waals surface area contributed by atoms with Crippen LogP contribution >= 0.6 is 11.3 Å². The summed E-state index contributed by atoms with van der Waals surface area (Å²) in [5.74, 6) is 0.0388. The summed E-state index contributed by atoms with van der Waals surface area (Å²) in [4.78, 5) is 13.3. The zero-order valence-corrected chi connectivity index (χ0v) is 14.5. The van der Waals surface area contributed by atoms with Crippen molar-refractivity contribution in [3.63, 3.8) is 0 Å². The maximum Gasteiger partial charge on any atom is 0.261 e. The smallest absolute Gasteiger partial charge is 0.261 e. The predicted molar refractivity (Wildman–Crippen MR) is 94.3 cm³/mol. The highest BCUT2D eigenvalue weighted by Crippen LogP contribution is 2.36. The Labute approximate surface area is 141 Å². The molecule has 1 saturated heterocycles. The van der Waals surface area contributed by atoms with E-state index >= 15 is 0 Å². The number of hydrogen-bond donors (Lipinski definition) is 1. The summed E-state index contributed by atoms with van der Waals surface area (Å²) in [6.45, 7) is 6.30. The first kappa shape index (κ1) is 16.2. The van der Waals surface area contributed by atoms with Crippen LogP contribution < -0.4 is 5.32 Å². The molecular formula is C19H23NO2S. The summed E-state index contributed by atoms with van der Waals surface area (Å²) in [5.41, 5.74) is 3.65. The molecule has 1 amide bonds. The summed E-state index contributed by atoms with van der Waals surface area (Å²) in [6, 6.07) is 10.5. The van der Waals surface area contributed by atoms with Crippen molar-refractivity contribution in [1.82, 2.24) is 5.32 Å². The van der Waals surface area contributed by atoms with Crippen LogP contribution in [0.2, 0.25) is 0 Å². The summed E-state index contributed by atoms with van der Waals surface area (Å²) < 4.78 is 5.57. The lowest BCUT2D eigenvalue weighted by Crippen LogP contribution is -2.45. The number of ether oxygens (including phenoxy) is 1. The van der Waals surface area contributed by atoms with Crippen molar-refractivity contribution in [3.05, 3.63) is 57.3 Å². The Hall–Kier alpha value is -1.65. The average molecular weight is 329 g/mol. The second-order valence-electron chi connectivity index (χ2n) is 6.32. The van der Waals surface area contributed by atoms with E-state index in [-0.39, 0.29) is 11.3 Å². The van der Waals surface area contributed by atoms with E-state index in [4.69, 9.17) is 4.74 Å². The van der Waals surface area contributed by atoms with Crippen LogP contribution in [0.15, 0.2) is 35.7 Å². The molecule has 0 saturated carbocycles. The van der Waals surface area contributed by atoms with Crippen molar-refractivity contribution in [2.24, 2.45) is 0 Å². The number of amides is 1. The summed E-state index contributed by atoms with van der Waals surface area (Å²) in [7, 11) is 0. The van der Waals surface area contributed by atoms with Crippen molar-refractivity contribution < 1.29 is 9.53 Å². The molecule has 1 aromatic carbocycles. The molecular weight excluding hydrogens is 306 g/mol. The fraction of sp³-hybridized carbons (Fsp3) is 0.421. The molecule has 2 aromatic rings. The van der Waals surface area contributed by atoms with Gasteiger partial charge in [-0.05, 0) is 54.8 Å². The van der Waals surface area contributed by atoms with Crippen LogP contribution in [0.1, 0.15) is 39.2 Å². The molecule has 0 unspecified atom stereocenters. The maximum absolute atomic E-state index is 12.5. The molecule has 1 aliphatic heterocycles. The number of nitrogens with one attached hydrogen (secondary N) is 1. The highest BCUT2D eigenvalue weighted by Gasteiger charge is 2.36. The Kier molecular flexibility index (Phi) is 4.83. The Morgan fingerprint density at radius 3 is 2.57 bits per heavy atom. The summed E-state index contributed by atoms with van der Waals surface area (Å²) in [6.07, 6.45) is 1.89. The van der Waals surface area contributed by atoms with E-state index in [0.29, 0.717) is 6.54 Å². The quantitative estimate of drug-likeness (QED) is 0.925. The minimum absolute atomic E-state index is 0.0234. The fourth-order valence-corrected chi connectivity index (χ4v) is 4.25. The Morgan fingerprint density at radius 2 is 1.91 bits per heavy atom. The molecule has 1 aliphatic rings. The molecule has 1 N–H and O–H groups in total. The Morgan fingerprint density at radius 1 is 1.17 bits per heavy atom. The number of benzene rings is 1. The van der Waals surface area contributed by atoms with Crippen LogP contribution in [-0.4, -0.2) is 25.7 Å². The summed E-state index contributed by atoms with van der Waals surface area (Å²) in [5, 5.41) is 5.15. The molecule has 3 nitrogen and oxygen atoms in total. The lowest BCUT2D eigenvalue weighted by atomic mass is 9.72. The number of carbonyl (C=O) groups is 1. The zero-order valence-electron chi connectivity index (χ0n) is 13.7. The minimum atomic E-state index is -0.0234. The van der Waals surface area contributed by atoms with Gasteiger partial charge in [0.2, 0.25) is 0 Å². The monoisotopic (exact) mass is 329 g/mol. The minimum Gasteiger partial charge on any atom is -0.381 e. The SMILES string of the molecule is Cc1ccccc1C1(CNC(=O)c2sccc2C)CCOCC1. The molecule has 1 aromatic heterocycles. The maximum atomic E-state index is 12.5. The molecule has 0 spiro atoms. The van der Waals surface area contributed by atoms with Crippen LogP contribution in [0.25, 0.3) is 0 Å². The van der Waals surface area contributed by atoms with Gasteiger partial charge in [0, 0.05) is 25.2 Å². The molecule has 4 heteroatoms. The molecule has 0 aliphatic carbocycles. The van der Waals surface area contributed by atoms with Gasteiger partial charge in [-0.1, -0.05) is 24.3 Å². The van der Waals surface area contributed by atoms with E-state index in [9.17, 15) is 4.79 Å². The average Bonchev–Trinajstić information content (AvgIpc) is 3.00. The largest absolute Gasteiger partial charge is 0.381 e. The van der Waals surface area contributed by atoms with Crippen LogP contribution in [0, 0.1) is 13.8 Å². The van der Waals surface area contributed by atoms with Gasteiger partial charge < -0.3 is 10.1 Å². The van der Waals surface area contributed by atoms with Gasteiger partial charge in [0.25, 0.3) is 5.91 Å². The Balaban J connectivity index is 1.82. The highest BCUT2D eigenvalue weighted by molar-refractivity contribution is 7.12. The van der Waals surface area contributed by atoms with Gasteiger partial charge in [0.05, 0.1) is 4.88 Å². The van der Waals surface area contributed by atoms with Gasteiger partial charge in [0.15, 0.2) is 0 Å². The van der Waals surface area contributed by atoms with E-state index in [1.54, 1.807) is 0 Å². The second kappa shape index (κ2) is 6.85. The predicted octanol–water partition coefficient (Wildman–Crippen LogP) is 3.84. The van der Waals surface area contributed by atoms with Gasteiger partial charge in [0.1, 0.15) is 0 Å². The van der Waals surface area contributed by atoms with Crippen molar-refractivity contribution in [1.29, 1.82) is 0 Å². The Bertz CT molecular complexity index is 686. The first-order valence-electron chi connectivity index (χ1n) is 8.08. The van der Waals surface area contributed by atoms with Crippen LogP contribution in [0.5, 0.6) is 0 Å². The van der Waals surface area contributed by atoms with Crippen LogP contribution in [-0.2, 0) is 10.2 Å². The first-order chi connectivity index (χ1) is 11.1. The molecule has 0 bridgehead atoms. The molecule has 23 heavy (non-hydrogen) atoms. The van der Waals surface area contributed by atoms with Crippen molar-refractivity contribution in [2.45, 2.75) is 32.1 Å². The van der Waals surface area contributed by atoms with E-state index in [0.717, 1.165) is 36.5 Å². The third-order valence-electron chi connectivity index (χ3n) is 4.82. The number of rotatable bonds is 4. The van der Waals surface area contributed by atoms with Gasteiger partial charge in [-0.3, -0.25) is 4.79 Å². The van der Waals surface area contributed by atoms with E-state index in [1.807, 2.05) is 18.4 Å². The molecule has 3 rings (SSSR count). The van der Waals surface area contributed by atoms with Gasteiger partial charge in [-0.15, -0.1) is 11.3 Å². The number of carbonyl (C=O) groups excluding carboxylic acids is 1. The molecule has 1 fully saturated rings. The van der Waals surface area contributed by atoms with Crippen molar-refractivity contribution in [3.8, 4) is 0 Å². The highest BCUT2D eigenvalue weighted by atomic mass is 32.1. The summed E-state index contributed by atoms with van der Waals surface area (Å²) >= 11 is 1.51. The third kappa shape index (κ3) is 3.33. The fourth-order valence-electron chi connectivity index (χ4n) is 3.41. The lowest BCUT2D eigenvalue weighted by Gasteiger charge is -2.39. The normalized spacial score (nSPS) is 17.0. The van der Waals surface area contributed by atoms with Gasteiger partial charge in [-0.25, -0.2) is 0 Å². The lowest BCUT2D eigenvalue weighted by molar-refractivity contribution is 0.0485. The number of aryl methyl sites for hydroxylation is 2. The van der Waals surface area contributed by atoms with E-state index < -0.39 is 0 Å². The molecule has 0 atom stereocenters. The van der Waals surface area contributed by atoms with E-state index in [1.165, 1.54) is 22.5 Å². The number of thiophene rings is 1.